The molecule has 2 heterocycles. The number of nitrogens with zero attached hydrogens (tertiary/aromatic N) is 3. The van der Waals surface area contributed by atoms with Gasteiger partial charge in [0.05, 0.1) is 25.6 Å². The number of piperidine rings is 1. The van der Waals surface area contributed by atoms with Crippen molar-refractivity contribution in [2.24, 2.45) is 0 Å². The predicted molar refractivity (Wildman–Crippen MR) is 164 cm³/mol. The number of ether oxygens (including phenoxy) is 2. The van der Waals surface area contributed by atoms with Crippen LogP contribution < -0.4 is 20.1 Å². The molecule has 0 radical (unpaired) electrons. The van der Waals surface area contributed by atoms with Gasteiger partial charge in [0.25, 0.3) is 0 Å². The van der Waals surface area contributed by atoms with Gasteiger partial charge in [0.15, 0.2) is 11.5 Å². The van der Waals surface area contributed by atoms with Crippen LogP contribution in [-0.2, 0) is 20.8 Å². The van der Waals surface area contributed by atoms with E-state index >= 15 is 0 Å². The zero-order valence-corrected chi connectivity index (χ0v) is 24.9. The molecule has 1 saturated carbocycles. The molecule has 1 aliphatic carbocycles. The first-order valence-corrected chi connectivity index (χ1v) is 15.2. The average Bonchev–Trinajstić information content (AvgIpc) is 3.66. The van der Waals surface area contributed by atoms with Crippen molar-refractivity contribution in [3.63, 3.8) is 0 Å². The molecule has 2 aliphatic heterocycles. The lowest BCUT2D eigenvalue weighted by atomic mass is 9.95. The number of hydrogen-bond donors (Lipinski definition) is 2. The minimum absolute atomic E-state index is 0.113. The molecule has 3 amide bonds. The molecule has 1 atom stereocenters. The highest BCUT2D eigenvalue weighted by molar-refractivity contribution is 5.89. The molecule has 2 fully saturated rings. The number of carbonyl (C=O) groups is 3. The zero-order valence-electron chi connectivity index (χ0n) is 24.9. The van der Waals surface area contributed by atoms with Crippen LogP contribution in [0.3, 0.4) is 0 Å². The van der Waals surface area contributed by atoms with Crippen LogP contribution in [0.4, 0.5) is 0 Å². The summed E-state index contributed by atoms with van der Waals surface area (Å²) in [5.74, 6) is 0.268. The third kappa shape index (κ3) is 6.48. The molecule has 0 aromatic heterocycles. The van der Waals surface area contributed by atoms with E-state index in [0.717, 1.165) is 31.5 Å². The Morgan fingerprint density at radius 3 is 2.55 bits per heavy atom. The fraction of sp³-hybridized carbons (Fsp3) is 0.412. The number of nitriles is 1. The van der Waals surface area contributed by atoms with Gasteiger partial charge in [-0.1, -0.05) is 48.5 Å². The molecule has 0 bridgehead atoms. The number of likely N-dealkylation sites (tertiary alicyclic amines) is 1. The van der Waals surface area contributed by atoms with E-state index < -0.39 is 17.4 Å². The van der Waals surface area contributed by atoms with Crippen molar-refractivity contribution in [3.05, 3.63) is 71.8 Å². The molecule has 3 aromatic carbocycles. The second-order valence-electron chi connectivity index (χ2n) is 11.9. The van der Waals surface area contributed by atoms with Crippen molar-refractivity contribution < 1.29 is 23.9 Å². The van der Waals surface area contributed by atoms with Crippen LogP contribution >= 0.6 is 0 Å². The van der Waals surface area contributed by atoms with Crippen LogP contribution in [0, 0.1) is 11.3 Å². The standard InChI is InChI=1S/C34H37N5O5/c1-23(27-8-4-6-25-5-2-3-7-28(25)27)38-15-11-26(12-16-38)39(20-32(41)36-19-31(40)37-34(21-35)13-14-34)33(42)18-24-9-10-29-30(17-24)44-22-43-29/h2-10,17,23,26H,11-16,18-20,22H2,1H3,(H,36,41)(H,37,40). The minimum atomic E-state index is -0.800. The van der Waals surface area contributed by atoms with Gasteiger partial charge in [-0.2, -0.15) is 5.26 Å². The summed E-state index contributed by atoms with van der Waals surface area (Å²) in [6, 6.07) is 22.4. The maximum absolute atomic E-state index is 13.7. The normalized spacial score (nSPS) is 17.8. The second kappa shape index (κ2) is 12.5. The quantitative estimate of drug-likeness (QED) is 0.368. The van der Waals surface area contributed by atoms with Gasteiger partial charge in [0, 0.05) is 25.2 Å². The van der Waals surface area contributed by atoms with Gasteiger partial charge in [0.2, 0.25) is 24.5 Å². The first-order chi connectivity index (χ1) is 21.3. The van der Waals surface area contributed by atoms with Gasteiger partial charge >= 0.3 is 0 Å². The van der Waals surface area contributed by atoms with Gasteiger partial charge in [-0.3, -0.25) is 19.3 Å². The average molecular weight is 596 g/mol. The Bertz CT molecular complexity index is 1600. The third-order valence-corrected chi connectivity index (χ3v) is 8.98. The van der Waals surface area contributed by atoms with Crippen molar-refractivity contribution in [2.45, 2.75) is 56.7 Å². The summed E-state index contributed by atoms with van der Waals surface area (Å²) < 4.78 is 10.9. The molecule has 1 unspecified atom stereocenters. The van der Waals surface area contributed by atoms with E-state index in [1.165, 1.54) is 16.3 Å². The molecule has 3 aromatic rings. The maximum atomic E-state index is 13.7. The highest BCUT2D eigenvalue weighted by atomic mass is 16.7. The molecule has 2 N–H and O–H groups in total. The first kappa shape index (κ1) is 29.5. The van der Waals surface area contributed by atoms with E-state index in [1.54, 1.807) is 17.0 Å². The monoisotopic (exact) mass is 595 g/mol. The summed E-state index contributed by atoms with van der Waals surface area (Å²) in [4.78, 5) is 43.2. The molecule has 44 heavy (non-hydrogen) atoms. The van der Waals surface area contributed by atoms with E-state index in [0.29, 0.717) is 24.3 Å². The lowest BCUT2D eigenvalue weighted by molar-refractivity contribution is -0.139. The highest BCUT2D eigenvalue weighted by Crippen LogP contribution is 2.35. The number of carbonyl (C=O) groups excluding carboxylic acids is 3. The van der Waals surface area contributed by atoms with E-state index in [-0.39, 0.29) is 44.3 Å². The predicted octanol–water partition coefficient (Wildman–Crippen LogP) is 3.45. The van der Waals surface area contributed by atoms with Gasteiger partial charge in [-0.05, 0) is 66.6 Å². The van der Waals surface area contributed by atoms with Crippen LogP contribution in [0.15, 0.2) is 60.7 Å². The molecule has 10 nitrogen and oxygen atoms in total. The SMILES string of the molecule is CC(c1cccc2ccccc12)N1CCC(N(CC(=O)NCC(=O)NC2(C#N)CC2)C(=O)Cc2ccc3c(c2)OCO3)CC1. The summed E-state index contributed by atoms with van der Waals surface area (Å²) >= 11 is 0. The first-order valence-electron chi connectivity index (χ1n) is 15.2. The van der Waals surface area contributed by atoms with Crippen LogP contribution in [0.25, 0.3) is 10.8 Å². The Morgan fingerprint density at radius 1 is 1.02 bits per heavy atom. The van der Waals surface area contributed by atoms with Crippen molar-refractivity contribution >= 4 is 28.5 Å². The van der Waals surface area contributed by atoms with Gasteiger partial charge in [-0.25, -0.2) is 0 Å². The molecular weight excluding hydrogens is 558 g/mol. The van der Waals surface area contributed by atoms with Gasteiger partial charge < -0.3 is 25.0 Å². The summed E-state index contributed by atoms with van der Waals surface area (Å²) in [5, 5.41) is 17.0. The van der Waals surface area contributed by atoms with Crippen molar-refractivity contribution in [2.75, 3.05) is 33.0 Å². The van der Waals surface area contributed by atoms with Crippen LogP contribution in [0.2, 0.25) is 0 Å². The number of rotatable bonds is 10. The van der Waals surface area contributed by atoms with Crippen molar-refractivity contribution in [1.29, 1.82) is 5.26 Å². The summed E-state index contributed by atoms with van der Waals surface area (Å²) in [7, 11) is 0. The highest BCUT2D eigenvalue weighted by Gasteiger charge is 2.44. The third-order valence-electron chi connectivity index (χ3n) is 8.98. The Balaban J connectivity index is 1.12. The number of benzene rings is 3. The molecule has 228 valence electrons. The molecular formula is C34H37N5O5. The van der Waals surface area contributed by atoms with Crippen LogP contribution in [0.1, 0.15) is 49.8 Å². The Morgan fingerprint density at radius 2 is 1.77 bits per heavy atom. The molecule has 3 aliphatic rings. The molecule has 1 saturated heterocycles. The fourth-order valence-corrected chi connectivity index (χ4v) is 6.23. The Kier molecular flexibility index (Phi) is 8.40. The lowest BCUT2D eigenvalue weighted by Crippen LogP contribution is -2.52. The van der Waals surface area contributed by atoms with Crippen LogP contribution in [0.5, 0.6) is 11.5 Å². The topological polar surface area (TPSA) is 124 Å². The summed E-state index contributed by atoms with van der Waals surface area (Å²) in [6.45, 7) is 3.54. The Labute approximate surface area is 256 Å². The number of hydrogen-bond acceptors (Lipinski definition) is 7. The molecule has 10 heteroatoms. The van der Waals surface area contributed by atoms with E-state index in [9.17, 15) is 19.6 Å². The molecule has 0 spiro atoms. The fourth-order valence-electron chi connectivity index (χ4n) is 6.23. The van der Waals surface area contributed by atoms with Crippen molar-refractivity contribution in [3.8, 4) is 17.6 Å². The lowest BCUT2D eigenvalue weighted by Gasteiger charge is -2.41. The summed E-state index contributed by atoms with van der Waals surface area (Å²) in [5.41, 5.74) is 1.25. The number of amides is 3. The van der Waals surface area contributed by atoms with E-state index in [2.05, 4.69) is 71.0 Å². The molecule has 6 rings (SSSR count). The second-order valence-corrected chi connectivity index (χ2v) is 11.9. The van der Waals surface area contributed by atoms with Gasteiger partial charge in [0.1, 0.15) is 5.54 Å². The van der Waals surface area contributed by atoms with E-state index in [4.69, 9.17) is 9.47 Å². The van der Waals surface area contributed by atoms with Crippen LogP contribution in [-0.4, -0.2) is 72.1 Å². The van der Waals surface area contributed by atoms with E-state index in [1.807, 2.05) is 6.07 Å². The number of fused-ring (bicyclic) bond motifs is 2. The van der Waals surface area contributed by atoms with Gasteiger partial charge in [-0.15, -0.1) is 0 Å². The maximum Gasteiger partial charge on any atom is 0.240 e. The Hall–Kier alpha value is -4.62. The largest absolute Gasteiger partial charge is 0.454 e. The zero-order chi connectivity index (χ0) is 30.7. The smallest absolute Gasteiger partial charge is 0.240 e. The minimum Gasteiger partial charge on any atom is -0.454 e. The number of nitrogens with one attached hydrogen (secondary N) is 2. The summed E-state index contributed by atoms with van der Waals surface area (Å²) in [6.07, 6.45) is 2.79. The van der Waals surface area contributed by atoms with Crippen molar-refractivity contribution in [1.82, 2.24) is 20.4 Å².